The molecule has 2 heterocycles. The molecule has 0 spiro atoms. The minimum atomic E-state index is 0.623. The van der Waals surface area contributed by atoms with Crippen LogP contribution in [0.25, 0.3) is 11.1 Å². The molecular weight excluding hydrogens is 220 g/mol. The number of benzene rings is 1. The molecule has 0 fully saturated rings. The molecule has 0 radical (unpaired) electrons. The summed E-state index contributed by atoms with van der Waals surface area (Å²) >= 11 is 0. The molecule has 1 aliphatic heterocycles. The lowest BCUT2D eigenvalue weighted by atomic mass is 10.0. The third kappa shape index (κ3) is 1.78. The molecule has 0 amide bonds. The molecule has 0 bridgehead atoms. The number of pyridine rings is 1. The van der Waals surface area contributed by atoms with Gasteiger partial charge >= 0.3 is 0 Å². The van der Waals surface area contributed by atoms with Crippen LogP contribution in [0.5, 0.6) is 0 Å². The fourth-order valence-electron chi connectivity index (χ4n) is 2.90. The lowest BCUT2D eigenvalue weighted by Crippen LogP contribution is -2.28. The normalized spacial score (nSPS) is 17.9. The third-order valence-electron chi connectivity index (χ3n) is 3.79. The number of nitrogens with zero attached hydrogens (tertiary/aromatic N) is 2. The van der Waals surface area contributed by atoms with E-state index >= 15 is 0 Å². The van der Waals surface area contributed by atoms with Crippen molar-refractivity contribution in [2.75, 3.05) is 11.4 Å². The summed E-state index contributed by atoms with van der Waals surface area (Å²) in [5.74, 6) is 0. The Labute approximate surface area is 108 Å². The van der Waals surface area contributed by atoms with Gasteiger partial charge in [0.25, 0.3) is 0 Å². The quantitative estimate of drug-likeness (QED) is 0.795. The number of rotatable bonds is 2. The van der Waals surface area contributed by atoms with E-state index in [1.54, 1.807) is 0 Å². The second-order valence-electron chi connectivity index (χ2n) is 4.92. The third-order valence-corrected chi connectivity index (χ3v) is 3.79. The van der Waals surface area contributed by atoms with E-state index in [-0.39, 0.29) is 0 Å². The van der Waals surface area contributed by atoms with Crippen LogP contribution in [0.4, 0.5) is 5.69 Å². The van der Waals surface area contributed by atoms with Gasteiger partial charge in [-0.05, 0) is 61.2 Å². The predicted octanol–water partition coefficient (Wildman–Crippen LogP) is 3.52. The van der Waals surface area contributed by atoms with Crippen LogP contribution in [0.3, 0.4) is 0 Å². The van der Waals surface area contributed by atoms with Gasteiger partial charge in [0.15, 0.2) is 0 Å². The number of hydrogen-bond acceptors (Lipinski definition) is 2. The highest BCUT2D eigenvalue weighted by Crippen LogP contribution is 2.34. The lowest BCUT2D eigenvalue weighted by Gasteiger charge is -2.22. The maximum atomic E-state index is 4.07. The van der Waals surface area contributed by atoms with Crippen molar-refractivity contribution in [1.29, 1.82) is 0 Å². The minimum absolute atomic E-state index is 0.623. The number of fused-ring (bicyclic) bond motifs is 1. The molecule has 1 aliphatic rings. The molecule has 0 saturated heterocycles. The molecule has 3 rings (SSSR count). The minimum Gasteiger partial charge on any atom is -0.369 e. The van der Waals surface area contributed by atoms with E-state index < -0.39 is 0 Å². The molecule has 2 nitrogen and oxygen atoms in total. The second kappa shape index (κ2) is 4.45. The van der Waals surface area contributed by atoms with Gasteiger partial charge in [0.1, 0.15) is 0 Å². The van der Waals surface area contributed by atoms with E-state index in [0.29, 0.717) is 6.04 Å². The highest BCUT2D eigenvalue weighted by molar-refractivity contribution is 5.70. The average molecular weight is 238 g/mol. The van der Waals surface area contributed by atoms with Crippen molar-refractivity contribution in [2.45, 2.75) is 26.3 Å². The van der Waals surface area contributed by atoms with Crippen molar-refractivity contribution in [3.8, 4) is 11.1 Å². The van der Waals surface area contributed by atoms with Crippen LogP contribution < -0.4 is 4.90 Å². The standard InChI is InChI=1S/C16H18N2/c1-3-18-12(2)10-15-11-14(4-5-16(15)18)13-6-8-17-9-7-13/h4-9,11-12H,3,10H2,1-2H3. The maximum absolute atomic E-state index is 4.07. The Bertz CT molecular complexity index is 548. The zero-order valence-corrected chi connectivity index (χ0v) is 10.9. The van der Waals surface area contributed by atoms with Gasteiger partial charge in [-0.25, -0.2) is 0 Å². The van der Waals surface area contributed by atoms with Crippen molar-refractivity contribution in [1.82, 2.24) is 4.98 Å². The van der Waals surface area contributed by atoms with E-state index in [1.165, 1.54) is 22.4 Å². The monoisotopic (exact) mass is 238 g/mol. The van der Waals surface area contributed by atoms with Crippen LogP contribution in [0.1, 0.15) is 19.4 Å². The Hall–Kier alpha value is -1.83. The van der Waals surface area contributed by atoms with Gasteiger partial charge in [0.2, 0.25) is 0 Å². The lowest BCUT2D eigenvalue weighted by molar-refractivity contribution is 0.690. The summed E-state index contributed by atoms with van der Waals surface area (Å²) in [7, 11) is 0. The Morgan fingerprint density at radius 2 is 1.94 bits per heavy atom. The predicted molar refractivity (Wildman–Crippen MR) is 75.9 cm³/mol. The van der Waals surface area contributed by atoms with Crippen LogP contribution in [-0.4, -0.2) is 17.6 Å². The summed E-state index contributed by atoms with van der Waals surface area (Å²) in [6, 6.07) is 11.6. The van der Waals surface area contributed by atoms with Crippen LogP contribution in [0.2, 0.25) is 0 Å². The van der Waals surface area contributed by atoms with Crippen molar-refractivity contribution < 1.29 is 0 Å². The maximum Gasteiger partial charge on any atom is 0.0402 e. The van der Waals surface area contributed by atoms with Crippen LogP contribution in [0.15, 0.2) is 42.7 Å². The number of aromatic nitrogens is 1. The van der Waals surface area contributed by atoms with Gasteiger partial charge in [0, 0.05) is 30.7 Å². The molecule has 1 unspecified atom stereocenters. The van der Waals surface area contributed by atoms with Gasteiger partial charge in [-0.1, -0.05) is 6.07 Å². The number of hydrogen-bond donors (Lipinski definition) is 0. The first-order chi connectivity index (χ1) is 8.79. The second-order valence-corrected chi connectivity index (χ2v) is 4.92. The molecule has 92 valence electrons. The van der Waals surface area contributed by atoms with Crippen molar-refractivity contribution in [2.24, 2.45) is 0 Å². The molecule has 1 aromatic carbocycles. The van der Waals surface area contributed by atoms with Crippen molar-refractivity contribution in [3.63, 3.8) is 0 Å². The molecule has 0 saturated carbocycles. The van der Waals surface area contributed by atoms with Crippen molar-refractivity contribution >= 4 is 5.69 Å². The molecule has 1 atom stereocenters. The summed E-state index contributed by atoms with van der Waals surface area (Å²) < 4.78 is 0. The van der Waals surface area contributed by atoms with Crippen molar-refractivity contribution in [3.05, 3.63) is 48.3 Å². The zero-order chi connectivity index (χ0) is 12.5. The first-order valence-electron chi connectivity index (χ1n) is 6.59. The van der Waals surface area contributed by atoms with E-state index in [1.807, 2.05) is 12.4 Å². The van der Waals surface area contributed by atoms with E-state index in [2.05, 4.69) is 54.1 Å². The summed E-state index contributed by atoms with van der Waals surface area (Å²) in [5, 5.41) is 0. The van der Waals surface area contributed by atoms with E-state index in [4.69, 9.17) is 0 Å². The summed E-state index contributed by atoms with van der Waals surface area (Å²) in [5.41, 5.74) is 5.41. The van der Waals surface area contributed by atoms with E-state index in [9.17, 15) is 0 Å². The Kier molecular flexibility index (Phi) is 2.78. The fraction of sp³-hybridized carbons (Fsp3) is 0.312. The molecule has 2 aromatic rings. The van der Waals surface area contributed by atoms with Crippen LogP contribution in [0, 0.1) is 0 Å². The molecule has 0 aliphatic carbocycles. The highest BCUT2D eigenvalue weighted by atomic mass is 15.2. The highest BCUT2D eigenvalue weighted by Gasteiger charge is 2.24. The summed E-state index contributed by atoms with van der Waals surface area (Å²) in [4.78, 5) is 6.55. The van der Waals surface area contributed by atoms with Gasteiger partial charge in [-0.15, -0.1) is 0 Å². The van der Waals surface area contributed by atoms with Gasteiger partial charge in [0.05, 0.1) is 0 Å². The van der Waals surface area contributed by atoms with E-state index in [0.717, 1.165) is 13.0 Å². The number of anilines is 1. The van der Waals surface area contributed by atoms with Crippen LogP contribution in [-0.2, 0) is 6.42 Å². The van der Waals surface area contributed by atoms with Gasteiger partial charge < -0.3 is 4.90 Å². The number of likely N-dealkylation sites (N-methyl/N-ethyl adjacent to an activating group) is 1. The topological polar surface area (TPSA) is 16.1 Å². The Morgan fingerprint density at radius 3 is 2.67 bits per heavy atom. The average Bonchev–Trinajstić information content (AvgIpc) is 2.74. The van der Waals surface area contributed by atoms with Crippen LogP contribution >= 0.6 is 0 Å². The molecule has 0 N–H and O–H groups in total. The first kappa shape index (κ1) is 11.3. The fourth-order valence-corrected chi connectivity index (χ4v) is 2.90. The zero-order valence-electron chi connectivity index (χ0n) is 10.9. The van der Waals surface area contributed by atoms with Gasteiger partial charge in [-0.3, -0.25) is 4.98 Å². The Morgan fingerprint density at radius 1 is 1.17 bits per heavy atom. The van der Waals surface area contributed by atoms with Gasteiger partial charge in [-0.2, -0.15) is 0 Å². The molecule has 18 heavy (non-hydrogen) atoms. The Balaban J connectivity index is 2.01. The smallest absolute Gasteiger partial charge is 0.0402 e. The molecular formula is C16H18N2. The summed E-state index contributed by atoms with van der Waals surface area (Å²) in [6.45, 7) is 5.61. The first-order valence-corrected chi connectivity index (χ1v) is 6.59. The summed E-state index contributed by atoms with van der Waals surface area (Å²) in [6.07, 6.45) is 4.86. The SMILES string of the molecule is CCN1c2ccc(-c3ccncc3)cc2CC1C. The largest absolute Gasteiger partial charge is 0.369 e. The molecule has 2 heteroatoms. The molecule has 1 aromatic heterocycles.